The number of halogens is 3. The fourth-order valence-corrected chi connectivity index (χ4v) is 4.70. The van der Waals surface area contributed by atoms with E-state index in [0.29, 0.717) is 39.8 Å². The van der Waals surface area contributed by atoms with Crippen molar-refractivity contribution in [3.63, 3.8) is 0 Å². The van der Waals surface area contributed by atoms with Crippen LogP contribution in [0.5, 0.6) is 5.88 Å². The maximum Gasteiger partial charge on any atom is 0.435 e. The number of nitrogens with one attached hydrogen (secondary N) is 1. The quantitative estimate of drug-likeness (QED) is 0.308. The van der Waals surface area contributed by atoms with Crippen molar-refractivity contribution in [1.29, 1.82) is 0 Å². The Balaban J connectivity index is 1.35. The van der Waals surface area contributed by atoms with Gasteiger partial charge in [0.1, 0.15) is 17.4 Å². The first kappa shape index (κ1) is 25.7. The van der Waals surface area contributed by atoms with Crippen LogP contribution in [0.4, 0.5) is 13.2 Å². The number of benzene rings is 1. The van der Waals surface area contributed by atoms with Gasteiger partial charge in [0.15, 0.2) is 17.2 Å². The third-order valence-electron chi connectivity index (χ3n) is 6.87. The van der Waals surface area contributed by atoms with Crippen molar-refractivity contribution < 1.29 is 17.9 Å². The molecule has 0 aliphatic heterocycles. The topological polar surface area (TPSA) is 116 Å². The molecule has 4 aromatic heterocycles. The van der Waals surface area contributed by atoms with Crippen molar-refractivity contribution in [3.05, 3.63) is 76.0 Å². The van der Waals surface area contributed by atoms with Crippen LogP contribution in [-0.2, 0) is 12.7 Å². The van der Waals surface area contributed by atoms with Gasteiger partial charge in [-0.2, -0.15) is 18.3 Å². The number of aromatic amines is 1. The molecular formula is C27H25F3N8O2. The second kappa shape index (κ2) is 9.57. The van der Waals surface area contributed by atoms with E-state index < -0.39 is 11.9 Å². The van der Waals surface area contributed by atoms with Gasteiger partial charge < -0.3 is 9.72 Å². The van der Waals surface area contributed by atoms with Gasteiger partial charge in [-0.1, -0.05) is 26.0 Å². The zero-order valence-corrected chi connectivity index (χ0v) is 21.9. The molecule has 40 heavy (non-hydrogen) atoms. The number of H-pyrrole nitrogens is 1. The van der Waals surface area contributed by atoms with Crippen molar-refractivity contribution in [1.82, 2.24) is 39.3 Å². The molecular weight excluding hydrogens is 525 g/mol. The molecule has 4 heterocycles. The smallest absolute Gasteiger partial charge is 0.435 e. The molecule has 206 valence electrons. The number of aromatic nitrogens is 8. The highest BCUT2D eigenvalue weighted by Crippen LogP contribution is 2.44. The van der Waals surface area contributed by atoms with Gasteiger partial charge in [0.2, 0.25) is 5.88 Å². The zero-order valence-electron chi connectivity index (χ0n) is 21.9. The summed E-state index contributed by atoms with van der Waals surface area (Å²) in [5.41, 5.74) is 2.67. The second-order valence-electron chi connectivity index (χ2n) is 10.0. The largest absolute Gasteiger partial charge is 0.480 e. The van der Waals surface area contributed by atoms with Gasteiger partial charge in [-0.25, -0.2) is 29.4 Å². The molecule has 0 bridgehead atoms. The first-order valence-corrected chi connectivity index (χ1v) is 12.7. The second-order valence-corrected chi connectivity index (χ2v) is 10.0. The summed E-state index contributed by atoms with van der Waals surface area (Å²) < 4.78 is 48.2. The highest BCUT2D eigenvalue weighted by atomic mass is 19.4. The Labute approximate surface area is 225 Å². The van der Waals surface area contributed by atoms with E-state index in [1.165, 1.54) is 22.7 Å². The molecule has 0 atom stereocenters. The van der Waals surface area contributed by atoms with E-state index in [1.54, 1.807) is 30.5 Å². The first-order valence-electron chi connectivity index (χ1n) is 12.7. The fraction of sp³-hybridized carbons (Fsp3) is 0.333. The molecule has 1 saturated carbocycles. The lowest BCUT2D eigenvalue weighted by Crippen LogP contribution is -2.18. The minimum atomic E-state index is -4.54. The molecule has 6 rings (SSSR count). The van der Waals surface area contributed by atoms with E-state index in [0.717, 1.165) is 30.2 Å². The number of rotatable bonds is 7. The normalized spacial score (nSPS) is 13.9. The number of methoxy groups -OCH3 is 1. The fourth-order valence-electron chi connectivity index (χ4n) is 4.70. The standard InChI is InChI=1S/C27H25F3N8O2/c1-14(2)19-10-20(27(28,29)30)36-38(19)17-8-4-15(5-9-17)12-37-24-18(34-26(37)39)11-31-23(35-24)21-22(16-6-7-16)32-13-33-25(21)40-3/h4-5,8-11,13-14,16H,6-7,12H2,1-3H3,(H,34,39). The minimum absolute atomic E-state index is 0.170. The monoisotopic (exact) mass is 550 g/mol. The number of hydrogen-bond donors (Lipinski definition) is 1. The molecule has 0 radical (unpaired) electrons. The van der Waals surface area contributed by atoms with Crippen LogP contribution < -0.4 is 10.4 Å². The molecule has 1 aromatic carbocycles. The summed E-state index contributed by atoms with van der Waals surface area (Å²) in [7, 11) is 1.52. The predicted molar refractivity (Wildman–Crippen MR) is 139 cm³/mol. The van der Waals surface area contributed by atoms with E-state index in [-0.39, 0.29) is 24.1 Å². The summed E-state index contributed by atoms with van der Waals surface area (Å²) in [4.78, 5) is 33.5. The Morgan fingerprint density at radius 2 is 1.88 bits per heavy atom. The third kappa shape index (κ3) is 4.61. The zero-order chi connectivity index (χ0) is 28.2. The van der Waals surface area contributed by atoms with E-state index in [4.69, 9.17) is 9.72 Å². The summed E-state index contributed by atoms with van der Waals surface area (Å²) in [6.45, 7) is 3.80. The van der Waals surface area contributed by atoms with E-state index in [1.807, 2.05) is 13.8 Å². The molecule has 13 heteroatoms. The summed E-state index contributed by atoms with van der Waals surface area (Å²) in [5.74, 6) is 0.840. The molecule has 5 aromatic rings. The molecule has 1 aliphatic rings. The summed E-state index contributed by atoms with van der Waals surface area (Å²) in [5, 5.41) is 3.80. The lowest BCUT2D eigenvalue weighted by Gasteiger charge is -2.12. The molecule has 1 aliphatic carbocycles. The van der Waals surface area contributed by atoms with Gasteiger partial charge in [0, 0.05) is 11.6 Å². The van der Waals surface area contributed by atoms with Gasteiger partial charge in [-0.3, -0.25) is 4.57 Å². The molecule has 1 N–H and O–H groups in total. The van der Waals surface area contributed by atoms with Crippen LogP contribution in [0.3, 0.4) is 0 Å². The summed E-state index contributed by atoms with van der Waals surface area (Å²) in [6.07, 6.45) is 0.484. The average Bonchev–Trinajstić information content (AvgIpc) is 3.59. The minimum Gasteiger partial charge on any atom is -0.480 e. The summed E-state index contributed by atoms with van der Waals surface area (Å²) in [6, 6.07) is 7.94. The van der Waals surface area contributed by atoms with Crippen molar-refractivity contribution in [2.24, 2.45) is 0 Å². The predicted octanol–water partition coefficient (Wildman–Crippen LogP) is 4.84. The number of alkyl halides is 3. The molecule has 1 fully saturated rings. The van der Waals surface area contributed by atoms with Crippen LogP contribution in [0.25, 0.3) is 28.2 Å². The first-order chi connectivity index (χ1) is 19.1. The molecule has 0 amide bonds. The van der Waals surface area contributed by atoms with Crippen molar-refractivity contribution >= 4 is 11.2 Å². The van der Waals surface area contributed by atoms with E-state index in [2.05, 4.69) is 25.0 Å². The van der Waals surface area contributed by atoms with Gasteiger partial charge in [-0.15, -0.1) is 0 Å². The molecule has 0 spiro atoms. The Hall–Kier alpha value is -4.55. The molecule has 0 unspecified atom stereocenters. The Morgan fingerprint density at radius 1 is 1.12 bits per heavy atom. The van der Waals surface area contributed by atoms with Crippen molar-refractivity contribution in [2.45, 2.75) is 51.2 Å². The van der Waals surface area contributed by atoms with Crippen LogP contribution in [0.1, 0.15) is 61.2 Å². The SMILES string of the molecule is COc1ncnc(C2CC2)c1-c1ncc2[nH]c(=O)n(Cc3ccc(-n4nc(C(F)(F)F)cc4C(C)C)cc3)c2n1. The van der Waals surface area contributed by atoms with Crippen LogP contribution in [-0.4, -0.2) is 46.4 Å². The number of ether oxygens (including phenoxy) is 1. The highest BCUT2D eigenvalue weighted by Gasteiger charge is 2.35. The van der Waals surface area contributed by atoms with Crippen molar-refractivity contribution in [2.75, 3.05) is 7.11 Å². The number of hydrogen-bond acceptors (Lipinski definition) is 7. The number of fused-ring (bicyclic) bond motifs is 1. The number of imidazole rings is 1. The Kier molecular flexibility index (Phi) is 6.15. The number of nitrogens with zero attached hydrogens (tertiary/aromatic N) is 7. The third-order valence-corrected chi connectivity index (χ3v) is 6.87. The van der Waals surface area contributed by atoms with Gasteiger partial charge in [0.25, 0.3) is 0 Å². The van der Waals surface area contributed by atoms with Gasteiger partial charge in [-0.05, 0) is 42.5 Å². The van der Waals surface area contributed by atoms with E-state index in [9.17, 15) is 18.0 Å². The Bertz CT molecular complexity index is 1770. The van der Waals surface area contributed by atoms with Crippen molar-refractivity contribution in [3.8, 4) is 23.0 Å². The highest BCUT2D eigenvalue weighted by molar-refractivity contribution is 5.75. The molecule has 0 saturated heterocycles. The van der Waals surface area contributed by atoms with Crippen LogP contribution in [0, 0.1) is 0 Å². The Morgan fingerprint density at radius 3 is 2.52 bits per heavy atom. The maximum atomic E-state index is 13.3. The van der Waals surface area contributed by atoms with E-state index >= 15 is 0 Å². The molecule has 10 nitrogen and oxygen atoms in total. The van der Waals surface area contributed by atoms with Crippen LogP contribution in [0.15, 0.2) is 47.7 Å². The van der Waals surface area contributed by atoms with Crippen LogP contribution in [0.2, 0.25) is 0 Å². The van der Waals surface area contributed by atoms with Gasteiger partial charge in [0.05, 0.1) is 31.2 Å². The lowest BCUT2D eigenvalue weighted by molar-refractivity contribution is -0.141. The van der Waals surface area contributed by atoms with Gasteiger partial charge >= 0.3 is 11.9 Å². The van der Waals surface area contributed by atoms with Crippen LogP contribution >= 0.6 is 0 Å². The average molecular weight is 551 g/mol. The maximum absolute atomic E-state index is 13.3. The summed E-state index contributed by atoms with van der Waals surface area (Å²) >= 11 is 0. The lowest BCUT2D eigenvalue weighted by atomic mass is 10.1.